The van der Waals surface area contributed by atoms with Crippen molar-refractivity contribution >= 4 is 17.2 Å². The van der Waals surface area contributed by atoms with Gasteiger partial charge in [0, 0.05) is 30.1 Å². The molecule has 2 N–H and O–H groups in total. The summed E-state index contributed by atoms with van der Waals surface area (Å²) in [5, 5.41) is 6.38. The molecule has 1 aliphatic heterocycles. The molecule has 4 rings (SSSR count). The summed E-state index contributed by atoms with van der Waals surface area (Å²) in [6, 6.07) is 12.0. The maximum Gasteiger partial charge on any atom is 0.224 e. The summed E-state index contributed by atoms with van der Waals surface area (Å²) in [5.41, 5.74) is 4.96. The van der Waals surface area contributed by atoms with E-state index < -0.39 is 0 Å². The molecule has 1 fully saturated rings. The number of anilines is 1. The summed E-state index contributed by atoms with van der Waals surface area (Å²) in [6.45, 7) is 4.22. The van der Waals surface area contributed by atoms with Gasteiger partial charge in [-0.1, -0.05) is 18.2 Å². The molecule has 5 heteroatoms. The van der Waals surface area contributed by atoms with Crippen molar-refractivity contribution < 1.29 is 4.79 Å². The molecule has 3 aromatic rings. The molecule has 140 valence electrons. The normalized spacial score (nSPS) is 15.1. The second kappa shape index (κ2) is 7.92. The third-order valence-corrected chi connectivity index (χ3v) is 5.38. The molecule has 0 radical (unpaired) electrons. The number of imidazole rings is 1. The Balaban J connectivity index is 1.38. The van der Waals surface area contributed by atoms with Crippen LogP contribution in [0, 0.1) is 12.8 Å². The van der Waals surface area contributed by atoms with Crippen LogP contribution in [0.4, 0.5) is 5.69 Å². The van der Waals surface area contributed by atoms with E-state index in [4.69, 9.17) is 4.98 Å². The molecule has 1 saturated heterocycles. The van der Waals surface area contributed by atoms with Gasteiger partial charge in [0.15, 0.2) is 0 Å². The zero-order valence-electron chi connectivity index (χ0n) is 15.7. The maximum absolute atomic E-state index is 12.2. The van der Waals surface area contributed by atoms with Crippen LogP contribution in [0.15, 0.2) is 48.8 Å². The van der Waals surface area contributed by atoms with Gasteiger partial charge in [-0.3, -0.25) is 4.79 Å². The Morgan fingerprint density at radius 1 is 1.22 bits per heavy atom. The highest BCUT2D eigenvalue weighted by molar-refractivity contribution is 5.90. The third-order valence-electron chi connectivity index (χ3n) is 5.38. The number of piperidine rings is 1. The van der Waals surface area contributed by atoms with E-state index in [2.05, 4.69) is 23.6 Å². The standard InChI is InChI=1S/C22H26N4O/c1-16-3-2-14-26-15-20(25-22(16)26)18-5-7-19(8-6-18)24-21(27)9-4-17-10-12-23-13-11-17/h2-3,5-8,14-15,17,23H,4,9-13H2,1H3,(H,24,27). The fraction of sp³-hybridized carbons (Fsp3) is 0.364. The van der Waals surface area contributed by atoms with Gasteiger partial charge < -0.3 is 15.0 Å². The Morgan fingerprint density at radius 2 is 2.00 bits per heavy atom. The number of amides is 1. The second-order valence-corrected chi connectivity index (χ2v) is 7.41. The lowest BCUT2D eigenvalue weighted by atomic mass is 9.93. The summed E-state index contributed by atoms with van der Waals surface area (Å²) < 4.78 is 2.04. The van der Waals surface area contributed by atoms with Crippen molar-refractivity contribution in [2.45, 2.75) is 32.6 Å². The number of carbonyl (C=O) groups excluding carboxylic acids is 1. The lowest BCUT2D eigenvalue weighted by Gasteiger charge is -2.22. The van der Waals surface area contributed by atoms with E-state index in [0.717, 1.165) is 47.7 Å². The highest BCUT2D eigenvalue weighted by atomic mass is 16.1. The average Bonchev–Trinajstić information content (AvgIpc) is 3.14. The topological polar surface area (TPSA) is 58.4 Å². The van der Waals surface area contributed by atoms with Crippen LogP contribution < -0.4 is 10.6 Å². The molecule has 5 nitrogen and oxygen atoms in total. The minimum Gasteiger partial charge on any atom is -0.326 e. The molecule has 27 heavy (non-hydrogen) atoms. The summed E-state index contributed by atoms with van der Waals surface area (Å²) in [7, 11) is 0. The lowest BCUT2D eigenvalue weighted by Crippen LogP contribution is -2.28. The highest BCUT2D eigenvalue weighted by Gasteiger charge is 2.14. The molecule has 0 spiro atoms. The van der Waals surface area contributed by atoms with E-state index in [1.165, 1.54) is 12.8 Å². The molecular weight excluding hydrogens is 336 g/mol. The summed E-state index contributed by atoms with van der Waals surface area (Å²) >= 11 is 0. The first-order valence-corrected chi connectivity index (χ1v) is 9.74. The number of hydrogen-bond donors (Lipinski definition) is 2. The molecule has 3 heterocycles. The molecule has 0 aliphatic carbocycles. The van der Waals surface area contributed by atoms with Crippen molar-refractivity contribution in [2.75, 3.05) is 18.4 Å². The van der Waals surface area contributed by atoms with Crippen LogP contribution >= 0.6 is 0 Å². The number of carbonyl (C=O) groups is 1. The van der Waals surface area contributed by atoms with Crippen LogP contribution in [0.3, 0.4) is 0 Å². The number of pyridine rings is 1. The molecule has 0 saturated carbocycles. The van der Waals surface area contributed by atoms with Crippen molar-refractivity contribution in [3.05, 3.63) is 54.4 Å². The second-order valence-electron chi connectivity index (χ2n) is 7.41. The first-order chi connectivity index (χ1) is 13.2. The summed E-state index contributed by atoms with van der Waals surface area (Å²) in [4.78, 5) is 16.9. The van der Waals surface area contributed by atoms with E-state index in [-0.39, 0.29) is 5.91 Å². The fourth-order valence-corrected chi connectivity index (χ4v) is 3.75. The van der Waals surface area contributed by atoms with Gasteiger partial charge in [-0.05, 0) is 69.0 Å². The Morgan fingerprint density at radius 3 is 2.74 bits per heavy atom. The predicted octanol–water partition coefficient (Wildman–Crippen LogP) is 4.03. The number of hydrogen-bond acceptors (Lipinski definition) is 3. The highest BCUT2D eigenvalue weighted by Crippen LogP contribution is 2.23. The van der Waals surface area contributed by atoms with Crippen LogP contribution in [0.25, 0.3) is 16.9 Å². The largest absolute Gasteiger partial charge is 0.326 e. The third kappa shape index (κ3) is 4.19. The van der Waals surface area contributed by atoms with Crippen molar-refractivity contribution in [1.29, 1.82) is 0 Å². The fourth-order valence-electron chi connectivity index (χ4n) is 3.75. The molecule has 1 aromatic carbocycles. The molecule has 0 unspecified atom stereocenters. The SMILES string of the molecule is Cc1cccn2cc(-c3ccc(NC(=O)CCC4CCNCC4)cc3)nc12. The van der Waals surface area contributed by atoms with Crippen LogP contribution in [0.5, 0.6) is 0 Å². The van der Waals surface area contributed by atoms with Gasteiger partial charge in [0.1, 0.15) is 5.65 Å². The number of nitrogens with one attached hydrogen (secondary N) is 2. The maximum atomic E-state index is 12.2. The Kier molecular flexibility index (Phi) is 5.21. The quantitative estimate of drug-likeness (QED) is 0.720. The lowest BCUT2D eigenvalue weighted by molar-refractivity contribution is -0.116. The minimum absolute atomic E-state index is 0.102. The van der Waals surface area contributed by atoms with Gasteiger partial charge in [0.25, 0.3) is 0 Å². The number of fused-ring (bicyclic) bond motifs is 1. The van der Waals surface area contributed by atoms with Crippen molar-refractivity contribution in [3.63, 3.8) is 0 Å². The average molecular weight is 362 g/mol. The Labute approximate surface area is 159 Å². The Hall–Kier alpha value is -2.66. The van der Waals surface area contributed by atoms with Crippen molar-refractivity contribution in [3.8, 4) is 11.3 Å². The van der Waals surface area contributed by atoms with E-state index >= 15 is 0 Å². The van der Waals surface area contributed by atoms with Crippen molar-refractivity contribution in [2.24, 2.45) is 5.92 Å². The molecular formula is C22H26N4O. The summed E-state index contributed by atoms with van der Waals surface area (Å²) in [6.07, 6.45) is 7.98. The Bertz CT molecular complexity index is 923. The zero-order chi connectivity index (χ0) is 18.6. The van der Waals surface area contributed by atoms with Crippen LogP contribution in [-0.4, -0.2) is 28.4 Å². The van der Waals surface area contributed by atoms with Gasteiger partial charge in [-0.25, -0.2) is 4.98 Å². The van der Waals surface area contributed by atoms with Gasteiger partial charge in [-0.2, -0.15) is 0 Å². The van der Waals surface area contributed by atoms with E-state index in [0.29, 0.717) is 12.3 Å². The molecule has 2 aromatic heterocycles. The molecule has 1 amide bonds. The van der Waals surface area contributed by atoms with Crippen LogP contribution in [0.2, 0.25) is 0 Å². The van der Waals surface area contributed by atoms with Gasteiger partial charge in [0.2, 0.25) is 5.91 Å². The molecule has 0 atom stereocenters. The van der Waals surface area contributed by atoms with E-state index in [1.807, 2.05) is 47.1 Å². The predicted molar refractivity (Wildman–Crippen MR) is 109 cm³/mol. The van der Waals surface area contributed by atoms with Crippen molar-refractivity contribution in [1.82, 2.24) is 14.7 Å². The number of aryl methyl sites for hydroxylation is 1. The number of nitrogens with zero attached hydrogens (tertiary/aromatic N) is 2. The van der Waals surface area contributed by atoms with Gasteiger partial charge >= 0.3 is 0 Å². The first-order valence-electron chi connectivity index (χ1n) is 9.74. The summed E-state index contributed by atoms with van der Waals surface area (Å²) in [5.74, 6) is 0.780. The molecule has 0 bridgehead atoms. The zero-order valence-corrected chi connectivity index (χ0v) is 15.7. The minimum atomic E-state index is 0.102. The van der Waals surface area contributed by atoms with Gasteiger partial charge in [0.05, 0.1) is 5.69 Å². The van der Waals surface area contributed by atoms with E-state index in [9.17, 15) is 4.79 Å². The van der Waals surface area contributed by atoms with E-state index in [1.54, 1.807) is 0 Å². The van der Waals surface area contributed by atoms with Gasteiger partial charge in [-0.15, -0.1) is 0 Å². The monoisotopic (exact) mass is 362 g/mol. The number of rotatable bonds is 5. The molecule has 1 aliphatic rings. The van der Waals surface area contributed by atoms with Crippen LogP contribution in [0.1, 0.15) is 31.2 Å². The van der Waals surface area contributed by atoms with Crippen LogP contribution in [-0.2, 0) is 4.79 Å². The number of aromatic nitrogens is 2. The first kappa shape index (κ1) is 17.7. The smallest absolute Gasteiger partial charge is 0.224 e. The number of benzene rings is 1.